The highest BCUT2D eigenvalue weighted by Crippen LogP contribution is 2.33. The van der Waals surface area contributed by atoms with Gasteiger partial charge < -0.3 is 10.6 Å². The van der Waals surface area contributed by atoms with Crippen LogP contribution in [0, 0.1) is 0 Å². The molecule has 0 aliphatic carbocycles. The number of anilines is 3. The lowest BCUT2D eigenvalue weighted by atomic mass is 10.2. The molecule has 1 aromatic carbocycles. The van der Waals surface area contributed by atoms with Crippen LogP contribution in [-0.2, 0) is 13.1 Å². The van der Waals surface area contributed by atoms with Crippen LogP contribution in [0.3, 0.4) is 0 Å². The Morgan fingerprint density at radius 2 is 2.29 bits per heavy atom. The Kier molecular flexibility index (Phi) is 2.44. The minimum atomic E-state index is 0.726. The highest BCUT2D eigenvalue weighted by Gasteiger charge is 2.16. The van der Waals surface area contributed by atoms with E-state index in [9.17, 15) is 0 Å². The number of halogens is 1. The molecule has 0 fully saturated rings. The fourth-order valence-corrected chi connectivity index (χ4v) is 2.20. The van der Waals surface area contributed by atoms with Gasteiger partial charge in [0.05, 0.1) is 17.6 Å². The van der Waals surface area contributed by atoms with E-state index in [1.54, 1.807) is 0 Å². The van der Waals surface area contributed by atoms with E-state index in [-0.39, 0.29) is 0 Å². The van der Waals surface area contributed by atoms with Gasteiger partial charge >= 0.3 is 0 Å². The summed E-state index contributed by atoms with van der Waals surface area (Å²) in [7, 11) is 0. The molecule has 0 spiro atoms. The third-order valence-corrected chi connectivity index (χ3v) is 3.15. The van der Waals surface area contributed by atoms with Crippen molar-refractivity contribution in [1.29, 1.82) is 0 Å². The maximum absolute atomic E-state index is 6.01. The first-order valence-corrected chi connectivity index (χ1v) is 6.01. The molecule has 88 valence electrons. The first-order chi connectivity index (χ1) is 8.28. The van der Waals surface area contributed by atoms with Gasteiger partial charge in [0, 0.05) is 23.7 Å². The number of hydrogen-bond donors (Lipinski definition) is 2. The van der Waals surface area contributed by atoms with Gasteiger partial charge in [0.2, 0.25) is 0 Å². The zero-order chi connectivity index (χ0) is 11.8. The van der Waals surface area contributed by atoms with Crippen molar-refractivity contribution in [2.45, 2.75) is 20.0 Å². The highest BCUT2D eigenvalue weighted by atomic mass is 35.5. The molecule has 2 N–H and O–H groups in total. The fraction of sp³-hybridized carbons (Fsp3) is 0.250. The topological polar surface area (TPSA) is 41.9 Å². The van der Waals surface area contributed by atoms with Crippen molar-refractivity contribution in [2.24, 2.45) is 0 Å². The van der Waals surface area contributed by atoms with Crippen molar-refractivity contribution < 1.29 is 0 Å². The molecule has 2 aromatic rings. The Balaban J connectivity index is 2.08. The van der Waals surface area contributed by atoms with Crippen molar-refractivity contribution in [3.05, 3.63) is 35.0 Å². The second kappa shape index (κ2) is 3.96. The maximum atomic E-state index is 6.01. The maximum Gasteiger partial charge on any atom is 0.133 e. The smallest absolute Gasteiger partial charge is 0.133 e. The number of benzene rings is 1. The van der Waals surface area contributed by atoms with E-state index < -0.39 is 0 Å². The van der Waals surface area contributed by atoms with Crippen LogP contribution >= 0.6 is 11.6 Å². The van der Waals surface area contributed by atoms with Gasteiger partial charge in [-0.3, -0.25) is 0 Å². The van der Waals surface area contributed by atoms with Crippen molar-refractivity contribution in [1.82, 2.24) is 9.78 Å². The van der Waals surface area contributed by atoms with E-state index in [1.807, 2.05) is 29.1 Å². The number of nitrogens with zero attached hydrogens (tertiary/aromatic N) is 2. The predicted octanol–water partition coefficient (Wildman–Crippen LogP) is 3.23. The average Bonchev–Trinajstić information content (AvgIpc) is 2.62. The zero-order valence-electron chi connectivity index (χ0n) is 9.50. The van der Waals surface area contributed by atoms with Crippen LogP contribution in [0.2, 0.25) is 5.02 Å². The number of rotatable bonds is 1. The summed E-state index contributed by atoms with van der Waals surface area (Å²) >= 11 is 6.01. The van der Waals surface area contributed by atoms with E-state index in [0.29, 0.717) is 0 Å². The molecule has 0 saturated carbocycles. The standard InChI is InChI=1S/C12H13ClN4/c1-2-17-12-8(7-15-17)6-14-10-4-3-9(13)5-11(10)16-12/h3-5,7,14,16H,2,6H2,1H3. The SMILES string of the molecule is CCn1ncc2c1Nc1cc(Cl)ccc1NC2. The molecule has 3 rings (SSSR count). The van der Waals surface area contributed by atoms with Gasteiger partial charge in [0.25, 0.3) is 0 Å². The first kappa shape index (κ1) is 10.5. The molecule has 1 aliphatic heterocycles. The molecule has 1 aromatic heterocycles. The third kappa shape index (κ3) is 1.74. The van der Waals surface area contributed by atoms with Gasteiger partial charge in [0.15, 0.2) is 0 Å². The van der Waals surface area contributed by atoms with Crippen LogP contribution in [0.4, 0.5) is 17.2 Å². The summed E-state index contributed by atoms with van der Waals surface area (Å²) in [5.41, 5.74) is 3.22. The summed E-state index contributed by atoms with van der Waals surface area (Å²) in [6.07, 6.45) is 1.90. The lowest BCUT2D eigenvalue weighted by molar-refractivity contribution is 0.668. The minimum Gasteiger partial charge on any atom is -0.379 e. The normalized spacial score (nSPS) is 13.1. The van der Waals surface area contributed by atoms with Crippen LogP contribution in [-0.4, -0.2) is 9.78 Å². The molecule has 0 radical (unpaired) electrons. The molecular formula is C12H13ClN4. The van der Waals surface area contributed by atoms with Crippen LogP contribution in [0.15, 0.2) is 24.4 Å². The van der Waals surface area contributed by atoms with E-state index in [4.69, 9.17) is 11.6 Å². The minimum absolute atomic E-state index is 0.726. The van der Waals surface area contributed by atoms with E-state index >= 15 is 0 Å². The molecule has 1 aliphatic rings. The summed E-state index contributed by atoms with van der Waals surface area (Å²) in [5.74, 6) is 1.04. The lowest BCUT2D eigenvalue weighted by Gasteiger charge is -2.10. The molecule has 0 unspecified atom stereocenters. The number of aromatic nitrogens is 2. The van der Waals surface area contributed by atoms with Gasteiger partial charge in [0.1, 0.15) is 5.82 Å². The number of fused-ring (bicyclic) bond motifs is 2. The fourth-order valence-electron chi connectivity index (χ4n) is 2.03. The molecule has 0 saturated heterocycles. The van der Waals surface area contributed by atoms with Crippen LogP contribution in [0.25, 0.3) is 0 Å². The Morgan fingerprint density at radius 3 is 3.12 bits per heavy atom. The van der Waals surface area contributed by atoms with Crippen LogP contribution in [0.1, 0.15) is 12.5 Å². The molecule has 0 atom stereocenters. The Morgan fingerprint density at radius 1 is 1.41 bits per heavy atom. The lowest BCUT2D eigenvalue weighted by Crippen LogP contribution is -2.03. The monoisotopic (exact) mass is 248 g/mol. The second-order valence-electron chi connectivity index (χ2n) is 4.00. The van der Waals surface area contributed by atoms with Crippen LogP contribution in [0.5, 0.6) is 0 Å². The van der Waals surface area contributed by atoms with Gasteiger partial charge in [-0.1, -0.05) is 11.6 Å². The first-order valence-electron chi connectivity index (χ1n) is 5.63. The Bertz CT molecular complexity index is 562. The van der Waals surface area contributed by atoms with Gasteiger partial charge in [-0.2, -0.15) is 5.10 Å². The largest absolute Gasteiger partial charge is 0.379 e. The summed E-state index contributed by atoms with van der Waals surface area (Å²) in [6.45, 7) is 3.70. The molecule has 0 bridgehead atoms. The molecule has 2 heterocycles. The molecular weight excluding hydrogens is 236 g/mol. The summed E-state index contributed by atoms with van der Waals surface area (Å²) < 4.78 is 1.95. The Hall–Kier alpha value is -1.68. The van der Waals surface area contributed by atoms with Crippen molar-refractivity contribution in [2.75, 3.05) is 10.6 Å². The molecule has 5 heteroatoms. The third-order valence-electron chi connectivity index (χ3n) is 2.92. The average molecular weight is 249 g/mol. The second-order valence-corrected chi connectivity index (χ2v) is 4.44. The number of hydrogen-bond acceptors (Lipinski definition) is 3. The highest BCUT2D eigenvalue weighted by molar-refractivity contribution is 6.31. The molecule has 0 amide bonds. The van der Waals surface area contributed by atoms with Gasteiger partial charge in [-0.15, -0.1) is 0 Å². The molecule has 4 nitrogen and oxygen atoms in total. The number of aryl methyl sites for hydroxylation is 1. The van der Waals surface area contributed by atoms with E-state index in [1.165, 1.54) is 5.56 Å². The summed E-state index contributed by atoms with van der Waals surface area (Å²) in [5, 5.41) is 11.8. The van der Waals surface area contributed by atoms with Gasteiger partial charge in [-0.05, 0) is 25.1 Å². The summed E-state index contributed by atoms with van der Waals surface area (Å²) in [4.78, 5) is 0. The quantitative estimate of drug-likeness (QED) is 0.814. The zero-order valence-corrected chi connectivity index (χ0v) is 10.3. The molecule has 17 heavy (non-hydrogen) atoms. The van der Waals surface area contributed by atoms with Gasteiger partial charge in [-0.25, -0.2) is 4.68 Å². The van der Waals surface area contributed by atoms with E-state index in [2.05, 4.69) is 22.7 Å². The summed E-state index contributed by atoms with van der Waals surface area (Å²) in [6, 6.07) is 5.80. The van der Waals surface area contributed by atoms with Crippen molar-refractivity contribution in [3.63, 3.8) is 0 Å². The predicted molar refractivity (Wildman–Crippen MR) is 70.0 cm³/mol. The van der Waals surface area contributed by atoms with Crippen molar-refractivity contribution >= 4 is 28.8 Å². The van der Waals surface area contributed by atoms with Crippen LogP contribution < -0.4 is 10.6 Å². The number of nitrogens with one attached hydrogen (secondary N) is 2. The Labute approximate surface area is 105 Å². The van der Waals surface area contributed by atoms with Crippen molar-refractivity contribution in [3.8, 4) is 0 Å². The van der Waals surface area contributed by atoms with E-state index in [0.717, 1.165) is 35.3 Å².